The number of hydrogen-bond donors (Lipinski definition) is 1. The van der Waals surface area contributed by atoms with E-state index in [2.05, 4.69) is 12.2 Å². The van der Waals surface area contributed by atoms with Gasteiger partial charge in [-0.2, -0.15) is 0 Å². The molecule has 0 saturated heterocycles. The van der Waals surface area contributed by atoms with E-state index in [9.17, 15) is 4.79 Å². The van der Waals surface area contributed by atoms with E-state index in [1.807, 2.05) is 24.3 Å². The van der Waals surface area contributed by atoms with E-state index in [4.69, 9.17) is 0 Å². The fourth-order valence-corrected chi connectivity index (χ4v) is 3.66. The summed E-state index contributed by atoms with van der Waals surface area (Å²) in [6.45, 7) is 3.25. The van der Waals surface area contributed by atoms with Crippen LogP contribution in [0.5, 0.6) is 0 Å². The summed E-state index contributed by atoms with van der Waals surface area (Å²) in [5, 5.41) is 3.38. The molecule has 1 aromatic carbocycles. The minimum atomic E-state index is 0.758. The first-order chi connectivity index (χ1) is 13.4. The van der Waals surface area contributed by atoms with Crippen molar-refractivity contribution >= 4 is 12.0 Å². The number of nitrogens with one attached hydrogen (secondary N) is 1. The first-order valence-electron chi connectivity index (χ1n) is 11.7. The van der Waals surface area contributed by atoms with Crippen molar-refractivity contribution in [3.8, 4) is 0 Å². The lowest BCUT2D eigenvalue weighted by molar-refractivity contribution is 0.112. The molecule has 0 amide bonds. The second-order valence-electron chi connectivity index (χ2n) is 7.94. The van der Waals surface area contributed by atoms with E-state index in [1.165, 1.54) is 103 Å². The molecular formula is C25H43NO. The van der Waals surface area contributed by atoms with Gasteiger partial charge in [-0.15, -0.1) is 0 Å². The summed E-state index contributed by atoms with van der Waals surface area (Å²) in [5.74, 6) is 0. The maximum atomic E-state index is 11.0. The summed E-state index contributed by atoms with van der Waals surface area (Å²) < 4.78 is 0. The van der Waals surface area contributed by atoms with E-state index in [0.29, 0.717) is 0 Å². The average Bonchev–Trinajstić information content (AvgIpc) is 2.70. The minimum Gasteiger partial charge on any atom is -0.384 e. The Morgan fingerprint density at radius 2 is 1.11 bits per heavy atom. The molecule has 0 atom stereocenters. The van der Waals surface area contributed by atoms with Crippen LogP contribution in [0.2, 0.25) is 0 Å². The Balaban J connectivity index is 1.78. The van der Waals surface area contributed by atoms with Gasteiger partial charge in [0.2, 0.25) is 0 Å². The van der Waals surface area contributed by atoms with Crippen molar-refractivity contribution in [3.05, 3.63) is 29.8 Å². The molecule has 0 fully saturated rings. The van der Waals surface area contributed by atoms with E-state index in [-0.39, 0.29) is 0 Å². The monoisotopic (exact) mass is 373 g/mol. The molecule has 1 rings (SSSR count). The molecule has 0 saturated carbocycles. The average molecular weight is 374 g/mol. The Hall–Kier alpha value is -1.31. The quantitative estimate of drug-likeness (QED) is 0.196. The Morgan fingerprint density at radius 3 is 1.59 bits per heavy atom. The Morgan fingerprint density at radius 1 is 0.667 bits per heavy atom. The molecule has 0 aliphatic heterocycles. The summed E-state index contributed by atoms with van der Waals surface area (Å²) >= 11 is 0. The smallest absolute Gasteiger partial charge is 0.152 e. The molecule has 2 heteroatoms. The lowest BCUT2D eigenvalue weighted by atomic mass is 10.0. The fraction of sp³-hybridized carbons (Fsp3) is 0.720. The van der Waals surface area contributed by atoms with Crippen LogP contribution in [0.3, 0.4) is 0 Å². The van der Waals surface area contributed by atoms with Gasteiger partial charge in [-0.3, -0.25) is 4.79 Å². The molecule has 1 N–H and O–H groups in total. The number of aldehydes is 1. The molecule has 0 unspecified atom stereocenters. The molecule has 154 valence electrons. The standard InChI is InChI=1S/C25H43NO/c1-2-3-4-5-6-7-8-9-10-11-12-13-14-15-16-19-22-26-25-21-18-17-20-24(25)23-27/h17-18,20-21,23,26H,2-16,19,22H2,1H3. The van der Waals surface area contributed by atoms with Gasteiger partial charge >= 0.3 is 0 Å². The zero-order valence-corrected chi connectivity index (χ0v) is 17.8. The largest absolute Gasteiger partial charge is 0.384 e. The molecule has 0 radical (unpaired) electrons. The molecule has 0 aliphatic carbocycles. The second kappa shape index (κ2) is 18.1. The number of carbonyl (C=O) groups excluding carboxylic acids is 1. The highest BCUT2D eigenvalue weighted by molar-refractivity contribution is 5.83. The summed E-state index contributed by atoms with van der Waals surface area (Å²) in [7, 11) is 0. The highest BCUT2D eigenvalue weighted by atomic mass is 16.1. The van der Waals surface area contributed by atoms with Crippen molar-refractivity contribution < 1.29 is 4.79 Å². The van der Waals surface area contributed by atoms with Crippen molar-refractivity contribution in [2.45, 2.75) is 110 Å². The van der Waals surface area contributed by atoms with E-state index in [0.717, 1.165) is 24.1 Å². The maximum Gasteiger partial charge on any atom is 0.152 e. The van der Waals surface area contributed by atoms with E-state index in [1.54, 1.807) is 0 Å². The van der Waals surface area contributed by atoms with Gasteiger partial charge in [-0.25, -0.2) is 0 Å². The molecule has 0 bridgehead atoms. The molecule has 27 heavy (non-hydrogen) atoms. The van der Waals surface area contributed by atoms with Gasteiger partial charge in [-0.05, 0) is 18.6 Å². The van der Waals surface area contributed by atoms with Crippen LogP contribution in [-0.4, -0.2) is 12.8 Å². The Labute approximate surface area is 168 Å². The predicted molar refractivity (Wildman–Crippen MR) is 120 cm³/mol. The van der Waals surface area contributed by atoms with Crippen LogP contribution < -0.4 is 5.32 Å². The van der Waals surface area contributed by atoms with Gasteiger partial charge in [0.05, 0.1) is 0 Å². The van der Waals surface area contributed by atoms with Gasteiger partial charge in [-0.1, -0.05) is 115 Å². The molecule has 1 aromatic rings. The van der Waals surface area contributed by atoms with E-state index >= 15 is 0 Å². The van der Waals surface area contributed by atoms with Crippen LogP contribution in [0.25, 0.3) is 0 Å². The zero-order valence-electron chi connectivity index (χ0n) is 17.8. The number of para-hydroxylation sites is 1. The Bertz CT molecular complexity index is 457. The van der Waals surface area contributed by atoms with Gasteiger partial charge < -0.3 is 5.32 Å². The first-order valence-corrected chi connectivity index (χ1v) is 11.7. The van der Waals surface area contributed by atoms with Crippen LogP contribution in [0.4, 0.5) is 5.69 Å². The Kier molecular flexibility index (Phi) is 15.9. The number of carbonyl (C=O) groups is 1. The van der Waals surface area contributed by atoms with Crippen molar-refractivity contribution in [1.29, 1.82) is 0 Å². The van der Waals surface area contributed by atoms with E-state index < -0.39 is 0 Å². The predicted octanol–water partition coefficient (Wildman–Crippen LogP) is 8.17. The zero-order chi connectivity index (χ0) is 19.4. The van der Waals surface area contributed by atoms with Gasteiger partial charge in [0, 0.05) is 17.8 Å². The second-order valence-corrected chi connectivity index (χ2v) is 7.94. The SMILES string of the molecule is CCCCCCCCCCCCCCCCCCNc1ccccc1C=O. The summed E-state index contributed by atoms with van der Waals surface area (Å²) in [6.07, 6.45) is 23.3. The number of unbranched alkanes of at least 4 members (excludes halogenated alkanes) is 15. The molecule has 0 spiro atoms. The highest BCUT2D eigenvalue weighted by Gasteiger charge is 1.99. The molecular weight excluding hydrogens is 330 g/mol. The molecule has 0 aromatic heterocycles. The fourth-order valence-electron chi connectivity index (χ4n) is 3.66. The van der Waals surface area contributed by atoms with Gasteiger partial charge in [0.25, 0.3) is 0 Å². The highest BCUT2D eigenvalue weighted by Crippen LogP contribution is 2.15. The van der Waals surface area contributed by atoms with Crippen molar-refractivity contribution in [1.82, 2.24) is 0 Å². The topological polar surface area (TPSA) is 29.1 Å². The van der Waals surface area contributed by atoms with Gasteiger partial charge in [0.15, 0.2) is 6.29 Å². The van der Waals surface area contributed by atoms with Crippen LogP contribution in [0.1, 0.15) is 120 Å². The minimum absolute atomic E-state index is 0.758. The van der Waals surface area contributed by atoms with Crippen LogP contribution in [0.15, 0.2) is 24.3 Å². The first kappa shape index (κ1) is 23.7. The third-order valence-corrected chi connectivity index (χ3v) is 5.43. The number of rotatable bonds is 19. The van der Waals surface area contributed by atoms with Crippen LogP contribution in [0, 0.1) is 0 Å². The van der Waals surface area contributed by atoms with Crippen LogP contribution >= 0.6 is 0 Å². The lowest BCUT2D eigenvalue weighted by Gasteiger charge is -2.08. The normalized spacial score (nSPS) is 10.9. The lowest BCUT2D eigenvalue weighted by Crippen LogP contribution is -2.03. The van der Waals surface area contributed by atoms with Crippen molar-refractivity contribution in [2.24, 2.45) is 0 Å². The third kappa shape index (κ3) is 13.5. The summed E-state index contributed by atoms with van der Waals surface area (Å²) in [5.41, 5.74) is 1.72. The van der Waals surface area contributed by atoms with Crippen LogP contribution in [-0.2, 0) is 0 Å². The summed E-state index contributed by atoms with van der Waals surface area (Å²) in [6, 6.07) is 7.73. The molecule has 2 nitrogen and oxygen atoms in total. The molecule has 0 aliphatic rings. The number of benzene rings is 1. The van der Waals surface area contributed by atoms with Crippen molar-refractivity contribution in [2.75, 3.05) is 11.9 Å². The van der Waals surface area contributed by atoms with Crippen molar-refractivity contribution in [3.63, 3.8) is 0 Å². The third-order valence-electron chi connectivity index (χ3n) is 5.43. The van der Waals surface area contributed by atoms with Gasteiger partial charge in [0.1, 0.15) is 0 Å². The summed E-state index contributed by atoms with van der Waals surface area (Å²) in [4.78, 5) is 11.0. The molecule has 0 heterocycles. The number of anilines is 1. The maximum absolute atomic E-state index is 11.0. The number of hydrogen-bond acceptors (Lipinski definition) is 2.